The summed E-state index contributed by atoms with van der Waals surface area (Å²) in [7, 11) is -4.30. The van der Waals surface area contributed by atoms with Crippen molar-refractivity contribution < 1.29 is 22.5 Å². The molecule has 0 heterocycles. The number of hydrogen-bond donors (Lipinski definition) is 1. The average Bonchev–Trinajstić information content (AvgIpc) is 2.58. The van der Waals surface area contributed by atoms with Gasteiger partial charge < -0.3 is 4.74 Å². The number of benzene rings is 2. The minimum absolute atomic E-state index is 0.0922. The fourth-order valence-electron chi connectivity index (χ4n) is 3.00. The predicted molar refractivity (Wildman–Crippen MR) is 122 cm³/mol. The fraction of sp³-hybridized carbons (Fsp3) is 0.235. The Balaban J connectivity index is 2.04. The number of ether oxygens (including phenoxy) is 1. The Kier molecular flexibility index (Phi) is 6.52. The monoisotopic (exact) mass is 710 g/mol. The lowest BCUT2D eigenvalue weighted by Crippen LogP contribution is -2.17. The Morgan fingerprint density at radius 1 is 0.962 bits per heavy atom. The summed E-state index contributed by atoms with van der Waals surface area (Å²) in [4.78, 5) is 12.7. The fourth-order valence-corrected chi connectivity index (χ4v) is 6.11. The highest BCUT2D eigenvalue weighted by Crippen LogP contribution is 2.35. The summed E-state index contributed by atoms with van der Waals surface area (Å²) in [6.07, 6.45) is 2.86. The number of hydrogen-bond acceptors (Lipinski definition) is 4. The largest absolute Gasteiger partial charge is 0.423 e. The zero-order chi connectivity index (χ0) is 19.1. The van der Waals surface area contributed by atoms with Crippen molar-refractivity contribution in [3.63, 3.8) is 0 Å². The van der Waals surface area contributed by atoms with E-state index in [0.717, 1.165) is 23.6 Å². The highest BCUT2D eigenvalue weighted by Gasteiger charge is 2.26. The molecule has 0 saturated heterocycles. The van der Waals surface area contributed by atoms with Crippen LogP contribution in [0.3, 0.4) is 0 Å². The van der Waals surface area contributed by atoms with Crippen LogP contribution in [0.15, 0.2) is 29.2 Å². The average molecular weight is 710 g/mol. The van der Waals surface area contributed by atoms with Crippen molar-refractivity contribution in [2.24, 2.45) is 0 Å². The van der Waals surface area contributed by atoms with E-state index in [4.69, 9.17) is 4.74 Å². The summed E-state index contributed by atoms with van der Waals surface area (Å²) >= 11 is 6.39. The molecule has 3 rings (SSSR count). The van der Waals surface area contributed by atoms with Crippen LogP contribution in [0.2, 0.25) is 0 Å². The minimum atomic E-state index is -4.30. The number of carbonyl (C=O) groups excluding carboxylic acids is 1. The summed E-state index contributed by atoms with van der Waals surface area (Å²) in [5, 5.41) is 0. The van der Waals surface area contributed by atoms with Crippen LogP contribution in [-0.2, 0) is 23.0 Å². The first-order valence-electron chi connectivity index (χ1n) is 7.68. The lowest BCUT2D eigenvalue weighted by atomic mass is 9.91. The maximum Gasteiger partial charge on any atom is 0.345 e. The van der Waals surface area contributed by atoms with Gasteiger partial charge >= 0.3 is 5.97 Å². The first-order valence-corrected chi connectivity index (χ1v) is 12.4. The van der Waals surface area contributed by atoms with E-state index in [2.05, 4.69) is 67.8 Å². The summed E-state index contributed by atoms with van der Waals surface area (Å²) < 4.78 is 41.0. The van der Waals surface area contributed by atoms with Crippen molar-refractivity contribution in [1.29, 1.82) is 0 Å². The van der Waals surface area contributed by atoms with Crippen LogP contribution >= 0.6 is 67.8 Å². The van der Waals surface area contributed by atoms with Gasteiger partial charge in [0.15, 0.2) is 0 Å². The molecule has 0 radical (unpaired) electrons. The van der Waals surface area contributed by atoms with E-state index in [-0.39, 0.29) is 4.90 Å². The Morgan fingerprint density at radius 2 is 1.58 bits per heavy atom. The molecule has 0 aromatic heterocycles. The molecule has 0 aliphatic heterocycles. The van der Waals surface area contributed by atoms with Crippen molar-refractivity contribution in [2.45, 2.75) is 30.6 Å². The van der Waals surface area contributed by atoms with Gasteiger partial charge in [0.25, 0.3) is 10.1 Å². The number of fused-ring (bicyclic) bond motifs is 1. The van der Waals surface area contributed by atoms with Crippen LogP contribution in [0.25, 0.3) is 0 Å². The van der Waals surface area contributed by atoms with Gasteiger partial charge in [-0.05, 0) is 129 Å². The quantitative estimate of drug-likeness (QED) is 0.162. The highest BCUT2D eigenvalue weighted by molar-refractivity contribution is 14.1. The van der Waals surface area contributed by atoms with E-state index >= 15 is 0 Å². The molecule has 1 aliphatic rings. The van der Waals surface area contributed by atoms with Crippen LogP contribution < -0.4 is 4.74 Å². The molecule has 9 heteroatoms. The number of esters is 1. The molecule has 0 saturated carbocycles. The highest BCUT2D eigenvalue weighted by atomic mass is 127. The zero-order valence-electron chi connectivity index (χ0n) is 13.3. The third-order valence-corrected chi connectivity index (χ3v) is 9.07. The molecule has 0 atom stereocenters. The maximum absolute atomic E-state index is 12.8. The Hall–Kier alpha value is 0.0100. The zero-order valence-corrected chi connectivity index (χ0v) is 20.5. The Bertz CT molecular complexity index is 1000. The molecule has 2 aromatic carbocycles. The van der Waals surface area contributed by atoms with Gasteiger partial charge in [0, 0.05) is 10.7 Å². The van der Waals surface area contributed by atoms with Gasteiger partial charge in [-0.2, -0.15) is 8.42 Å². The number of rotatable bonds is 3. The van der Waals surface area contributed by atoms with Gasteiger partial charge in [-0.3, -0.25) is 4.55 Å². The molecular formula is C17H13I3O5S. The van der Waals surface area contributed by atoms with Gasteiger partial charge in [0.05, 0.1) is 10.5 Å². The molecule has 2 aromatic rings. The van der Waals surface area contributed by atoms with E-state index in [1.807, 2.05) is 12.1 Å². The molecule has 0 unspecified atom stereocenters. The van der Waals surface area contributed by atoms with Gasteiger partial charge in [0.2, 0.25) is 0 Å². The van der Waals surface area contributed by atoms with Crippen molar-refractivity contribution >= 4 is 83.9 Å². The lowest BCUT2D eigenvalue weighted by Gasteiger charge is -2.21. The topological polar surface area (TPSA) is 80.7 Å². The molecule has 0 bridgehead atoms. The third-order valence-electron chi connectivity index (χ3n) is 4.18. The molecule has 0 fully saturated rings. The van der Waals surface area contributed by atoms with Crippen LogP contribution in [0, 0.1) is 10.7 Å². The molecule has 26 heavy (non-hydrogen) atoms. The van der Waals surface area contributed by atoms with Crippen molar-refractivity contribution in [3.05, 3.63) is 51.7 Å². The van der Waals surface area contributed by atoms with E-state index in [1.54, 1.807) is 0 Å². The summed E-state index contributed by atoms with van der Waals surface area (Å²) in [6, 6.07) is 6.56. The van der Waals surface area contributed by atoms with E-state index in [0.29, 0.717) is 35.3 Å². The Morgan fingerprint density at radius 3 is 2.23 bits per heavy atom. The SMILES string of the molecule is O=C(Oc1ccc(S(=O)(=O)O)c2c1CCCC2)c1c(I)ccc(I)c1I. The molecule has 1 N–H and O–H groups in total. The minimum Gasteiger partial charge on any atom is -0.423 e. The molecule has 0 spiro atoms. The van der Waals surface area contributed by atoms with Crippen LogP contribution in [0.1, 0.15) is 34.3 Å². The second-order valence-electron chi connectivity index (χ2n) is 5.81. The Labute approximate surface area is 192 Å². The molecule has 138 valence electrons. The summed E-state index contributed by atoms with van der Waals surface area (Å²) in [5.41, 5.74) is 1.74. The smallest absolute Gasteiger partial charge is 0.345 e. The predicted octanol–water partition coefficient (Wildman–Crippen LogP) is 4.85. The van der Waals surface area contributed by atoms with E-state index in [9.17, 15) is 17.8 Å². The number of halogens is 3. The molecule has 1 aliphatic carbocycles. The first kappa shape index (κ1) is 20.7. The van der Waals surface area contributed by atoms with E-state index in [1.165, 1.54) is 12.1 Å². The lowest BCUT2D eigenvalue weighted by molar-refractivity contribution is 0.0730. The molecule has 0 amide bonds. The number of carbonyl (C=O) groups is 1. The van der Waals surface area contributed by atoms with Gasteiger partial charge in [0.1, 0.15) is 5.75 Å². The molecular weight excluding hydrogens is 697 g/mol. The standard InChI is InChI=1S/C17H13I3O5S/c18-11-5-6-12(19)16(20)15(11)17(21)25-13-7-8-14(26(22,23)24)10-4-2-1-3-9(10)13/h5-8H,1-4H2,(H,22,23,24). The van der Waals surface area contributed by atoms with Crippen LogP contribution in [0.4, 0.5) is 0 Å². The maximum atomic E-state index is 12.8. The summed E-state index contributed by atoms with van der Waals surface area (Å²) in [6.45, 7) is 0. The first-order chi connectivity index (χ1) is 12.2. The second kappa shape index (κ2) is 8.17. The van der Waals surface area contributed by atoms with Gasteiger partial charge in [-0.1, -0.05) is 0 Å². The van der Waals surface area contributed by atoms with Crippen molar-refractivity contribution in [3.8, 4) is 5.75 Å². The van der Waals surface area contributed by atoms with Crippen LogP contribution in [-0.4, -0.2) is 18.9 Å². The van der Waals surface area contributed by atoms with Crippen LogP contribution in [0.5, 0.6) is 5.75 Å². The van der Waals surface area contributed by atoms with E-state index < -0.39 is 16.1 Å². The summed E-state index contributed by atoms with van der Waals surface area (Å²) in [5.74, 6) is -0.104. The third kappa shape index (κ3) is 4.20. The second-order valence-corrected chi connectivity index (χ2v) is 10.6. The normalized spacial score (nSPS) is 14.0. The van der Waals surface area contributed by atoms with Crippen molar-refractivity contribution in [2.75, 3.05) is 0 Å². The van der Waals surface area contributed by atoms with Gasteiger partial charge in [-0.15, -0.1) is 0 Å². The van der Waals surface area contributed by atoms with Gasteiger partial charge in [-0.25, -0.2) is 4.79 Å². The van der Waals surface area contributed by atoms with Crippen molar-refractivity contribution in [1.82, 2.24) is 0 Å². The molecule has 5 nitrogen and oxygen atoms in total.